The van der Waals surface area contributed by atoms with Crippen LogP contribution in [0.25, 0.3) is 0 Å². The summed E-state index contributed by atoms with van der Waals surface area (Å²) in [7, 11) is -3.51. The van der Waals surface area contributed by atoms with Gasteiger partial charge in [0.15, 0.2) is 9.84 Å². The second kappa shape index (κ2) is 9.31. The van der Waals surface area contributed by atoms with E-state index in [1.54, 1.807) is 48.2 Å². The molecular weight excluding hydrogens is 414 g/mol. The molecule has 3 rings (SSSR count). The number of aromatic nitrogens is 2. The maximum absolute atomic E-state index is 12.6. The van der Waals surface area contributed by atoms with Crippen molar-refractivity contribution in [1.29, 1.82) is 0 Å². The van der Waals surface area contributed by atoms with Gasteiger partial charge >= 0.3 is 0 Å². The molecule has 1 amide bonds. The number of amides is 1. The fourth-order valence-electron chi connectivity index (χ4n) is 2.39. The highest BCUT2D eigenvalue weighted by atomic mass is 32.2. The largest absolute Gasteiger partial charge is 0.296 e. The van der Waals surface area contributed by atoms with E-state index in [-0.39, 0.29) is 21.7 Å². The van der Waals surface area contributed by atoms with E-state index in [4.69, 9.17) is 0 Å². The third kappa shape index (κ3) is 5.18. The molecule has 0 atom stereocenters. The number of thioether (sulfide) groups is 1. The zero-order valence-corrected chi connectivity index (χ0v) is 17.6. The second-order valence-electron chi connectivity index (χ2n) is 5.87. The summed E-state index contributed by atoms with van der Waals surface area (Å²) in [5, 5.41) is 11.2. The lowest BCUT2D eigenvalue weighted by molar-refractivity contribution is 0.102. The van der Waals surface area contributed by atoms with Crippen molar-refractivity contribution in [3.8, 4) is 0 Å². The van der Waals surface area contributed by atoms with Gasteiger partial charge in [-0.2, -0.15) is 0 Å². The summed E-state index contributed by atoms with van der Waals surface area (Å²) in [5.74, 6) is 0.380. The number of nitrogens with zero attached hydrogens (tertiary/aromatic N) is 2. The molecule has 1 aromatic heterocycles. The van der Waals surface area contributed by atoms with Crippen LogP contribution in [0.4, 0.5) is 5.13 Å². The number of hydrogen-bond acceptors (Lipinski definition) is 7. The first-order valence-electron chi connectivity index (χ1n) is 8.63. The summed E-state index contributed by atoms with van der Waals surface area (Å²) >= 11 is 2.68. The van der Waals surface area contributed by atoms with Gasteiger partial charge in [0.05, 0.1) is 10.5 Å². The van der Waals surface area contributed by atoms with Gasteiger partial charge in [0.1, 0.15) is 10.8 Å². The van der Waals surface area contributed by atoms with Crippen molar-refractivity contribution in [1.82, 2.24) is 10.2 Å². The van der Waals surface area contributed by atoms with Crippen LogP contribution in [0, 0.1) is 0 Å². The van der Waals surface area contributed by atoms with Crippen LogP contribution in [0.3, 0.4) is 0 Å². The SMILES string of the molecule is CCCSc1ccccc1C(=O)Nc1nnc(CS(=O)(=O)c2ccccc2)s1. The number of hydrogen-bond donors (Lipinski definition) is 1. The van der Waals surface area contributed by atoms with E-state index in [1.165, 1.54) is 0 Å². The van der Waals surface area contributed by atoms with Crippen molar-refractivity contribution in [2.75, 3.05) is 11.1 Å². The van der Waals surface area contributed by atoms with Crippen LogP contribution < -0.4 is 5.32 Å². The summed E-state index contributed by atoms with van der Waals surface area (Å²) in [4.78, 5) is 13.7. The maximum atomic E-state index is 12.6. The predicted molar refractivity (Wildman–Crippen MR) is 113 cm³/mol. The summed E-state index contributed by atoms with van der Waals surface area (Å²) in [6.07, 6.45) is 1.01. The second-order valence-corrected chi connectivity index (χ2v) is 10.1. The van der Waals surface area contributed by atoms with E-state index in [2.05, 4.69) is 22.4 Å². The predicted octanol–water partition coefficient (Wildman–Crippen LogP) is 4.27. The van der Waals surface area contributed by atoms with Crippen molar-refractivity contribution in [3.05, 3.63) is 65.2 Å². The van der Waals surface area contributed by atoms with Gasteiger partial charge in [-0.1, -0.05) is 48.6 Å². The summed E-state index contributed by atoms with van der Waals surface area (Å²) in [5.41, 5.74) is 0.564. The minimum atomic E-state index is -3.51. The molecule has 0 unspecified atom stereocenters. The van der Waals surface area contributed by atoms with Gasteiger partial charge in [-0.15, -0.1) is 22.0 Å². The van der Waals surface area contributed by atoms with Gasteiger partial charge in [-0.05, 0) is 36.4 Å². The summed E-state index contributed by atoms with van der Waals surface area (Å²) in [6.45, 7) is 2.09. The van der Waals surface area contributed by atoms with Gasteiger partial charge < -0.3 is 0 Å². The van der Waals surface area contributed by atoms with Crippen LogP contribution in [0.1, 0.15) is 28.7 Å². The van der Waals surface area contributed by atoms with Crippen LogP contribution in [-0.2, 0) is 15.6 Å². The Balaban J connectivity index is 1.71. The Bertz CT molecular complexity index is 1050. The number of carbonyl (C=O) groups excluding carboxylic acids is 1. The number of sulfone groups is 1. The first kappa shape index (κ1) is 20.5. The minimum Gasteiger partial charge on any atom is -0.296 e. The number of carbonyl (C=O) groups is 1. The summed E-state index contributed by atoms with van der Waals surface area (Å²) < 4.78 is 24.9. The van der Waals surface area contributed by atoms with Gasteiger partial charge in [0.25, 0.3) is 5.91 Å². The lowest BCUT2D eigenvalue weighted by Crippen LogP contribution is -2.12. The highest BCUT2D eigenvalue weighted by Gasteiger charge is 2.19. The fourth-order valence-corrected chi connectivity index (χ4v) is 5.66. The Kier molecular flexibility index (Phi) is 6.82. The number of anilines is 1. The van der Waals surface area contributed by atoms with Gasteiger partial charge in [0.2, 0.25) is 5.13 Å². The maximum Gasteiger partial charge on any atom is 0.258 e. The van der Waals surface area contributed by atoms with Gasteiger partial charge in [-0.3, -0.25) is 10.1 Å². The van der Waals surface area contributed by atoms with Crippen molar-refractivity contribution in [2.45, 2.75) is 28.9 Å². The smallest absolute Gasteiger partial charge is 0.258 e. The first-order chi connectivity index (χ1) is 13.5. The zero-order valence-electron chi connectivity index (χ0n) is 15.2. The topological polar surface area (TPSA) is 89.0 Å². The zero-order chi connectivity index (χ0) is 20.0. The van der Waals surface area contributed by atoms with Crippen molar-refractivity contribution in [2.24, 2.45) is 0 Å². The van der Waals surface area contributed by atoms with Gasteiger partial charge in [-0.25, -0.2) is 8.42 Å². The Hall–Kier alpha value is -2.23. The number of rotatable bonds is 8. The van der Waals surface area contributed by atoms with Crippen LogP contribution >= 0.6 is 23.1 Å². The molecule has 1 heterocycles. The molecular formula is C19H19N3O3S3. The first-order valence-corrected chi connectivity index (χ1v) is 12.1. The number of benzene rings is 2. The molecule has 0 aliphatic rings. The molecule has 6 nitrogen and oxygen atoms in total. The highest BCUT2D eigenvalue weighted by Crippen LogP contribution is 2.26. The number of nitrogens with one attached hydrogen (secondary N) is 1. The van der Waals surface area contributed by atoms with Crippen LogP contribution in [0.15, 0.2) is 64.4 Å². The fraction of sp³-hybridized carbons (Fsp3) is 0.211. The van der Waals surface area contributed by atoms with Crippen LogP contribution in [0.5, 0.6) is 0 Å². The molecule has 28 heavy (non-hydrogen) atoms. The molecule has 9 heteroatoms. The van der Waals surface area contributed by atoms with Crippen LogP contribution in [-0.4, -0.2) is 30.3 Å². The van der Waals surface area contributed by atoms with E-state index in [9.17, 15) is 13.2 Å². The van der Waals surface area contributed by atoms with E-state index < -0.39 is 9.84 Å². The monoisotopic (exact) mass is 433 g/mol. The van der Waals surface area contributed by atoms with E-state index >= 15 is 0 Å². The van der Waals surface area contributed by atoms with E-state index in [0.29, 0.717) is 10.6 Å². The molecule has 0 fully saturated rings. The summed E-state index contributed by atoms with van der Waals surface area (Å²) in [6, 6.07) is 15.6. The Labute approximate surface area is 172 Å². The normalized spacial score (nSPS) is 11.3. The average molecular weight is 434 g/mol. The van der Waals surface area contributed by atoms with Gasteiger partial charge in [0, 0.05) is 4.90 Å². The van der Waals surface area contributed by atoms with Crippen molar-refractivity contribution < 1.29 is 13.2 Å². The Morgan fingerprint density at radius 3 is 2.54 bits per heavy atom. The molecule has 0 radical (unpaired) electrons. The average Bonchev–Trinajstić information content (AvgIpc) is 3.13. The minimum absolute atomic E-state index is 0.234. The molecule has 0 aliphatic heterocycles. The Morgan fingerprint density at radius 2 is 1.79 bits per heavy atom. The molecule has 0 aliphatic carbocycles. The third-order valence-corrected chi connectivity index (χ3v) is 7.64. The van der Waals surface area contributed by atoms with Crippen molar-refractivity contribution in [3.63, 3.8) is 0 Å². The molecule has 146 valence electrons. The highest BCUT2D eigenvalue weighted by molar-refractivity contribution is 7.99. The lowest BCUT2D eigenvalue weighted by atomic mass is 10.2. The van der Waals surface area contributed by atoms with E-state index in [1.807, 2.05) is 18.2 Å². The Morgan fingerprint density at radius 1 is 1.07 bits per heavy atom. The molecule has 0 bridgehead atoms. The molecule has 0 saturated carbocycles. The van der Waals surface area contributed by atoms with E-state index in [0.717, 1.165) is 28.4 Å². The molecule has 0 saturated heterocycles. The van der Waals surface area contributed by atoms with Crippen LogP contribution in [0.2, 0.25) is 0 Å². The molecule has 3 aromatic rings. The molecule has 0 spiro atoms. The lowest BCUT2D eigenvalue weighted by Gasteiger charge is -2.07. The standard InChI is InChI=1S/C19H19N3O3S3/c1-2-12-26-16-11-7-6-10-15(16)18(23)20-19-22-21-17(27-19)13-28(24,25)14-8-4-3-5-9-14/h3-11H,2,12-13H2,1H3,(H,20,22,23). The molecule has 2 aromatic carbocycles. The van der Waals surface area contributed by atoms with Crippen molar-refractivity contribution >= 4 is 44.0 Å². The third-order valence-electron chi connectivity index (χ3n) is 3.70. The molecule has 1 N–H and O–H groups in total. The quantitative estimate of drug-likeness (QED) is 0.534.